The molecule has 4 nitrogen and oxygen atoms in total. The third kappa shape index (κ3) is 2.32. The zero-order valence-corrected chi connectivity index (χ0v) is 9.70. The number of rotatable bonds is 3. The fourth-order valence-corrected chi connectivity index (χ4v) is 2.32. The van der Waals surface area contributed by atoms with E-state index in [9.17, 15) is 0 Å². The quantitative estimate of drug-likeness (QED) is 0.736. The molecule has 0 bridgehead atoms. The molecule has 0 radical (unpaired) electrons. The molecule has 2 rings (SSSR count). The molecule has 2 heterocycles. The molecular formula is C10H16ClN3O. The number of alkyl halides is 1. The highest BCUT2D eigenvalue weighted by Gasteiger charge is 2.33. The molecule has 0 saturated carbocycles. The monoisotopic (exact) mass is 229 g/mol. The van der Waals surface area contributed by atoms with Crippen LogP contribution in [0.1, 0.15) is 18.7 Å². The molecular weight excluding hydrogens is 214 g/mol. The lowest BCUT2D eigenvalue weighted by atomic mass is 9.81. The SMILES string of the molecule is Cn1ncnc1CC1(CCl)CCCOC1. The second-order valence-electron chi connectivity index (χ2n) is 4.27. The number of aryl methyl sites for hydroxylation is 1. The van der Waals surface area contributed by atoms with Crippen molar-refractivity contribution in [1.29, 1.82) is 0 Å². The Morgan fingerprint density at radius 2 is 2.53 bits per heavy atom. The van der Waals surface area contributed by atoms with Crippen molar-refractivity contribution in [3.05, 3.63) is 12.2 Å². The second kappa shape index (κ2) is 4.49. The first kappa shape index (κ1) is 10.9. The summed E-state index contributed by atoms with van der Waals surface area (Å²) in [5, 5.41) is 4.07. The molecule has 1 atom stereocenters. The molecule has 0 aliphatic carbocycles. The Bertz CT molecular complexity index is 320. The minimum Gasteiger partial charge on any atom is -0.381 e. The van der Waals surface area contributed by atoms with E-state index in [0.717, 1.165) is 38.3 Å². The highest BCUT2D eigenvalue weighted by atomic mass is 35.5. The molecule has 15 heavy (non-hydrogen) atoms. The Kier molecular flexibility index (Phi) is 3.26. The molecule has 1 aliphatic rings. The van der Waals surface area contributed by atoms with E-state index < -0.39 is 0 Å². The topological polar surface area (TPSA) is 39.9 Å². The van der Waals surface area contributed by atoms with Gasteiger partial charge in [0.25, 0.3) is 0 Å². The van der Waals surface area contributed by atoms with Crippen LogP contribution in [0.4, 0.5) is 0 Å². The zero-order valence-electron chi connectivity index (χ0n) is 8.95. The molecule has 1 aromatic rings. The van der Waals surface area contributed by atoms with Gasteiger partial charge in [0, 0.05) is 31.4 Å². The Morgan fingerprint density at radius 3 is 3.07 bits per heavy atom. The molecule has 1 aliphatic heterocycles. The second-order valence-corrected chi connectivity index (χ2v) is 4.53. The maximum absolute atomic E-state index is 6.07. The van der Waals surface area contributed by atoms with Gasteiger partial charge in [0.2, 0.25) is 0 Å². The van der Waals surface area contributed by atoms with E-state index in [-0.39, 0.29) is 5.41 Å². The van der Waals surface area contributed by atoms with Crippen molar-refractivity contribution in [1.82, 2.24) is 14.8 Å². The number of aromatic nitrogens is 3. The number of hydrogen-bond donors (Lipinski definition) is 0. The van der Waals surface area contributed by atoms with Crippen LogP contribution in [-0.2, 0) is 18.2 Å². The van der Waals surface area contributed by atoms with Crippen LogP contribution in [0.25, 0.3) is 0 Å². The predicted molar refractivity (Wildman–Crippen MR) is 57.9 cm³/mol. The van der Waals surface area contributed by atoms with E-state index in [1.807, 2.05) is 11.7 Å². The fourth-order valence-electron chi connectivity index (χ4n) is 2.02. The van der Waals surface area contributed by atoms with Gasteiger partial charge in [-0.15, -0.1) is 11.6 Å². The molecule has 1 fully saturated rings. The average molecular weight is 230 g/mol. The molecule has 0 aromatic carbocycles. The van der Waals surface area contributed by atoms with Crippen LogP contribution in [0.15, 0.2) is 6.33 Å². The van der Waals surface area contributed by atoms with E-state index in [4.69, 9.17) is 16.3 Å². The maximum Gasteiger partial charge on any atom is 0.138 e. The van der Waals surface area contributed by atoms with Crippen LogP contribution in [0, 0.1) is 5.41 Å². The summed E-state index contributed by atoms with van der Waals surface area (Å²) in [5.41, 5.74) is 0.0561. The average Bonchev–Trinajstić information content (AvgIpc) is 2.66. The van der Waals surface area contributed by atoms with Crippen LogP contribution in [0.2, 0.25) is 0 Å². The normalized spacial score (nSPS) is 26.8. The molecule has 0 N–H and O–H groups in total. The van der Waals surface area contributed by atoms with Crippen molar-refractivity contribution >= 4 is 11.6 Å². The molecule has 1 aromatic heterocycles. The van der Waals surface area contributed by atoms with Crippen molar-refractivity contribution < 1.29 is 4.74 Å². The first-order chi connectivity index (χ1) is 7.26. The van der Waals surface area contributed by atoms with Crippen LogP contribution in [0.5, 0.6) is 0 Å². The number of hydrogen-bond acceptors (Lipinski definition) is 3. The highest BCUT2D eigenvalue weighted by Crippen LogP contribution is 2.33. The van der Waals surface area contributed by atoms with Gasteiger partial charge < -0.3 is 4.74 Å². The first-order valence-corrected chi connectivity index (χ1v) is 5.76. The lowest BCUT2D eigenvalue weighted by molar-refractivity contribution is 0.00340. The van der Waals surface area contributed by atoms with Gasteiger partial charge in [0.15, 0.2) is 0 Å². The lowest BCUT2D eigenvalue weighted by Crippen LogP contribution is -2.36. The Morgan fingerprint density at radius 1 is 1.67 bits per heavy atom. The van der Waals surface area contributed by atoms with Gasteiger partial charge in [-0.2, -0.15) is 5.10 Å². The smallest absolute Gasteiger partial charge is 0.138 e. The third-order valence-corrected chi connectivity index (χ3v) is 3.59. The summed E-state index contributed by atoms with van der Waals surface area (Å²) in [7, 11) is 1.91. The molecule has 0 spiro atoms. The fraction of sp³-hybridized carbons (Fsp3) is 0.800. The van der Waals surface area contributed by atoms with Crippen molar-refractivity contribution in [3.8, 4) is 0 Å². The molecule has 5 heteroatoms. The van der Waals surface area contributed by atoms with Gasteiger partial charge >= 0.3 is 0 Å². The van der Waals surface area contributed by atoms with Gasteiger partial charge in [-0.25, -0.2) is 4.98 Å². The van der Waals surface area contributed by atoms with Crippen molar-refractivity contribution in [2.24, 2.45) is 12.5 Å². The number of halogens is 1. The number of nitrogens with zero attached hydrogens (tertiary/aromatic N) is 3. The van der Waals surface area contributed by atoms with Gasteiger partial charge in [-0.1, -0.05) is 0 Å². The Hall–Kier alpha value is -0.610. The van der Waals surface area contributed by atoms with Gasteiger partial charge in [-0.05, 0) is 12.8 Å². The summed E-state index contributed by atoms with van der Waals surface area (Å²) in [4.78, 5) is 4.24. The van der Waals surface area contributed by atoms with Gasteiger partial charge in [0.1, 0.15) is 12.2 Å². The lowest BCUT2D eigenvalue weighted by Gasteiger charge is -2.34. The zero-order chi connectivity index (χ0) is 10.7. The van der Waals surface area contributed by atoms with Crippen molar-refractivity contribution in [2.75, 3.05) is 19.1 Å². The van der Waals surface area contributed by atoms with Crippen LogP contribution >= 0.6 is 11.6 Å². The maximum atomic E-state index is 6.07. The molecule has 0 amide bonds. The summed E-state index contributed by atoms with van der Waals surface area (Å²) < 4.78 is 7.33. The van der Waals surface area contributed by atoms with E-state index in [2.05, 4.69) is 10.1 Å². The van der Waals surface area contributed by atoms with E-state index in [0.29, 0.717) is 5.88 Å². The van der Waals surface area contributed by atoms with Crippen molar-refractivity contribution in [2.45, 2.75) is 19.3 Å². The van der Waals surface area contributed by atoms with Crippen molar-refractivity contribution in [3.63, 3.8) is 0 Å². The van der Waals surface area contributed by atoms with E-state index in [1.165, 1.54) is 0 Å². The molecule has 1 unspecified atom stereocenters. The number of ether oxygens (including phenoxy) is 1. The Balaban J connectivity index is 2.10. The third-order valence-electron chi connectivity index (χ3n) is 3.03. The standard InChI is InChI=1S/C10H16ClN3O/c1-14-9(12-8-13-14)5-10(6-11)3-2-4-15-7-10/h8H,2-7H2,1H3. The summed E-state index contributed by atoms with van der Waals surface area (Å²) >= 11 is 6.07. The van der Waals surface area contributed by atoms with Gasteiger partial charge in [-0.3, -0.25) is 4.68 Å². The summed E-state index contributed by atoms with van der Waals surface area (Å²) in [6.07, 6.45) is 4.64. The largest absolute Gasteiger partial charge is 0.381 e. The Labute approximate surface area is 94.6 Å². The highest BCUT2D eigenvalue weighted by molar-refractivity contribution is 6.18. The minimum absolute atomic E-state index is 0.0561. The van der Waals surface area contributed by atoms with Crippen LogP contribution < -0.4 is 0 Å². The summed E-state index contributed by atoms with van der Waals surface area (Å²) in [6.45, 7) is 1.60. The van der Waals surface area contributed by atoms with E-state index >= 15 is 0 Å². The van der Waals surface area contributed by atoms with Gasteiger partial charge in [0.05, 0.1) is 6.61 Å². The predicted octanol–water partition coefficient (Wildman–Crippen LogP) is 1.39. The van der Waals surface area contributed by atoms with E-state index in [1.54, 1.807) is 6.33 Å². The van der Waals surface area contributed by atoms with Crippen LogP contribution in [0.3, 0.4) is 0 Å². The minimum atomic E-state index is 0.0561. The molecule has 1 saturated heterocycles. The summed E-state index contributed by atoms with van der Waals surface area (Å²) in [5.74, 6) is 1.61. The van der Waals surface area contributed by atoms with Crippen LogP contribution in [-0.4, -0.2) is 33.9 Å². The summed E-state index contributed by atoms with van der Waals surface area (Å²) in [6, 6.07) is 0. The first-order valence-electron chi connectivity index (χ1n) is 5.22. The molecule has 84 valence electrons.